The third kappa shape index (κ3) is 3.43. The third-order valence-corrected chi connectivity index (χ3v) is 4.04. The highest BCUT2D eigenvalue weighted by Gasteiger charge is 2.22. The molecule has 0 radical (unpaired) electrons. The van der Waals surface area contributed by atoms with E-state index in [-0.39, 0.29) is 18.6 Å². The number of aliphatic hydroxyl groups is 1. The lowest BCUT2D eigenvalue weighted by molar-refractivity contribution is 0.129. The number of hydrogen-bond acceptors (Lipinski definition) is 4. The zero-order valence-corrected chi connectivity index (χ0v) is 11.4. The summed E-state index contributed by atoms with van der Waals surface area (Å²) >= 11 is 1.60. The minimum Gasteiger partial charge on any atom is -0.396 e. The predicted octanol–water partition coefficient (Wildman–Crippen LogP) is 1.37. The standard InChI is InChI=1S/C12H19N3O2S/c1-9-5-13-11(18-9)6-14-12(17)15-4-2-3-10(7-15)8-16/h5,10,16H,2-4,6-8H2,1H3,(H,14,17). The molecule has 2 heterocycles. The van der Waals surface area contributed by atoms with Crippen LogP contribution in [0, 0.1) is 12.8 Å². The number of urea groups is 1. The Labute approximate surface area is 111 Å². The van der Waals surface area contributed by atoms with E-state index < -0.39 is 0 Å². The van der Waals surface area contributed by atoms with E-state index in [9.17, 15) is 4.79 Å². The van der Waals surface area contributed by atoms with Crippen molar-refractivity contribution in [3.05, 3.63) is 16.1 Å². The number of aromatic nitrogens is 1. The maximum atomic E-state index is 11.9. The quantitative estimate of drug-likeness (QED) is 0.871. The Morgan fingerprint density at radius 3 is 3.22 bits per heavy atom. The van der Waals surface area contributed by atoms with Gasteiger partial charge in [0.25, 0.3) is 0 Å². The zero-order valence-electron chi connectivity index (χ0n) is 10.6. The van der Waals surface area contributed by atoms with Crippen LogP contribution in [-0.2, 0) is 6.54 Å². The van der Waals surface area contributed by atoms with Crippen LogP contribution in [0.4, 0.5) is 4.79 Å². The van der Waals surface area contributed by atoms with E-state index in [0.717, 1.165) is 29.3 Å². The summed E-state index contributed by atoms with van der Waals surface area (Å²) in [5, 5.41) is 12.9. The van der Waals surface area contributed by atoms with Crippen molar-refractivity contribution in [1.82, 2.24) is 15.2 Å². The lowest BCUT2D eigenvalue weighted by atomic mass is 9.99. The molecular weight excluding hydrogens is 250 g/mol. The molecule has 0 spiro atoms. The molecule has 1 fully saturated rings. The van der Waals surface area contributed by atoms with Crippen LogP contribution >= 0.6 is 11.3 Å². The fraction of sp³-hybridized carbons (Fsp3) is 0.667. The average Bonchev–Trinajstić information content (AvgIpc) is 2.82. The van der Waals surface area contributed by atoms with Gasteiger partial charge in [0.05, 0.1) is 6.54 Å². The fourth-order valence-electron chi connectivity index (χ4n) is 2.14. The number of amides is 2. The number of nitrogens with one attached hydrogen (secondary N) is 1. The van der Waals surface area contributed by atoms with E-state index in [0.29, 0.717) is 13.1 Å². The van der Waals surface area contributed by atoms with Crippen molar-refractivity contribution < 1.29 is 9.90 Å². The molecule has 0 aromatic carbocycles. The van der Waals surface area contributed by atoms with Gasteiger partial charge in [-0.25, -0.2) is 9.78 Å². The van der Waals surface area contributed by atoms with Crippen molar-refractivity contribution in [3.8, 4) is 0 Å². The molecule has 6 heteroatoms. The second kappa shape index (κ2) is 6.15. The molecule has 2 rings (SSSR count). The van der Waals surface area contributed by atoms with Crippen LogP contribution in [-0.4, -0.2) is 40.7 Å². The molecule has 1 unspecified atom stereocenters. The number of likely N-dealkylation sites (tertiary alicyclic amines) is 1. The smallest absolute Gasteiger partial charge is 0.317 e. The molecule has 1 aliphatic rings. The Balaban J connectivity index is 1.80. The van der Waals surface area contributed by atoms with Crippen molar-refractivity contribution in [3.63, 3.8) is 0 Å². The number of rotatable bonds is 3. The van der Waals surface area contributed by atoms with E-state index >= 15 is 0 Å². The van der Waals surface area contributed by atoms with Gasteiger partial charge < -0.3 is 15.3 Å². The Kier molecular flexibility index (Phi) is 4.54. The molecule has 0 saturated carbocycles. The maximum absolute atomic E-state index is 11.9. The summed E-state index contributed by atoms with van der Waals surface area (Å²) in [5.74, 6) is 0.228. The predicted molar refractivity (Wildman–Crippen MR) is 70.5 cm³/mol. The van der Waals surface area contributed by atoms with Gasteiger partial charge in [0.2, 0.25) is 0 Å². The summed E-state index contributed by atoms with van der Waals surface area (Å²) in [5.41, 5.74) is 0. The summed E-state index contributed by atoms with van der Waals surface area (Å²) in [6.07, 6.45) is 3.79. The Hall–Kier alpha value is -1.14. The van der Waals surface area contributed by atoms with Crippen LogP contribution in [0.5, 0.6) is 0 Å². The fourth-order valence-corrected chi connectivity index (χ4v) is 2.87. The van der Waals surface area contributed by atoms with E-state index in [2.05, 4.69) is 10.3 Å². The lowest BCUT2D eigenvalue weighted by Crippen LogP contribution is -2.45. The van der Waals surface area contributed by atoms with Gasteiger partial charge in [-0.3, -0.25) is 0 Å². The summed E-state index contributed by atoms with van der Waals surface area (Å²) in [4.78, 5) is 19.1. The van der Waals surface area contributed by atoms with Crippen LogP contribution in [0.15, 0.2) is 6.20 Å². The first-order valence-corrected chi connectivity index (χ1v) is 7.05. The van der Waals surface area contributed by atoms with Gasteiger partial charge in [-0.1, -0.05) is 0 Å². The van der Waals surface area contributed by atoms with Crippen molar-refractivity contribution >= 4 is 17.4 Å². The van der Waals surface area contributed by atoms with Crippen LogP contribution in [0.25, 0.3) is 0 Å². The highest BCUT2D eigenvalue weighted by atomic mass is 32.1. The molecule has 1 aromatic heterocycles. The molecule has 1 aliphatic heterocycles. The molecule has 2 amide bonds. The largest absolute Gasteiger partial charge is 0.396 e. The first-order chi connectivity index (χ1) is 8.69. The second-order valence-electron chi connectivity index (χ2n) is 4.66. The molecular formula is C12H19N3O2S. The SMILES string of the molecule is Cc1cnc(CNC(=O)N2CCCC(CO)C2)s1. The van der Waals surface area contributed by atoms with Crippen molar-refractivity contribution in [1.29, 1.82) is 0 Å². The summed E-state index contributed by atoms with van der Waals surface area (Å²) < 4.78 is 0. The summed E-state index contributed by atoms with van der Waals surface area (Å²) in [6, 6.07) is -0.0546. The maximum Gasteiger partial charge on any atom is 0.317 e. The number of nitrogens with zero attached hydrogens (tertiary/aromatic N) is 2. The highest BCUT2D eigenvalue weighted by Crippen LogP contribution is 2.16. The summed E-state index contributed by atoms with van der Waals surface area (Å²) in [7, 11) is 0. The number of piperidine rings is 1. The van der Waals surface area contributed by atoms with Crippen molar-refractivity contribution in [2.45, 2.75) is 26.3 Å². The Bertz CT molecular complexity index is 408. The van der Waals surface area contributed by atoms with Gasteiger partial charge in [0, 0.05) is 30.8 Å². The Morgan fingerprint density at radius 2 is 2.56 bits per heavy atom. The van der Waals surface area contributed by atoms with Crippen molar-refractivity contribution in [2.75, 3.05) is 19.7 Å². The van der Waals surface area contributed by atoms with Gasteiger partial charge in [0.1, 0.15) is 5.01 Å². The van der Waals surface area contributed by atoms with Gasteiger partial charge in [0.15, 0.2) is 0 Å². The summed E-state index contributed by atoms with van der Waals surface area (Å²) in [6.45, 7) is 4.07. The third-order valence-electron chi connectivity index (χ3n) is 3.12. The van der Waals surface area contributed by atoms with Gasteiger partial charge in [-0.05, 0) is 25.7 Å². The van der Waals surface area contributed by atoms with Gasteiger partial charge >= 0.3 is 6.03 Å². The van der Waals surface area contributed by atoms with Gasteiger partial charge in [-0.2, -0.15) is 0 Å². The van der Waals surface area contributed by atoms with E-state index in [1.54, 1.807) is 16.2 Å². The van der Waals surface area contributed by atoms with Crippen molar-refractivity contribution in [2.24, 2.45) is 5.92 Å². The molecule has 0 bridgehead atoms. The number of carbonyl (C=O) groups excluding carboxylic acids is 1. The average molecular weight is 269 g/mol. The first-order valence-electron chi connectivity index (χ1n) is 6.24. The second-order valence-corrected chi connectivity index (χ2v) is 5.98. The molecule has 1 atom stereocenters. The molecule has 5 nitrogen and oxygen atoms in total. The minimum absolute atomic E-state index is 0.0546. The van der Waals surface area contributed by atoms with Crippen LogP contribution < -0.4 is 5.32 Å². The number of carbonyl (C=O) groups is 1. The molecule has 0 aliphatic carbocycles. The van der Waals surface area contributed by atoms with E-state index in [1.165, 1.54) is 0 Å². The highest BCUT2D eigenvalue weighted by molar-refractivity contribution is 7.11. The first kappa shape index (κ1) is 13.3. The number of aliphatic hydroxyl groups excluding tert-OH is 1. The van der Waals surface area contributed by atoms with E-state index in [4.69, 9.17) is 5.11 Å². The molecule has 1 saturated heterocycles. The monoisotopic (exact) mass is 269 g/mol. The lowest BCUT2D eigenvalue weighted by Gasteiger charge is -2.31. The van der Waals surface area contributed by atoms with Crippen LogP contribution in [0.3, 0.4) is 0 Å². The normalized spacial score (nSPS) is 19.9. The van der Waals surface area contributed by atoms with Crippen LogP contribution in [0.2, 0.25) is 0 Å². The Morgan fingerprint density at radius 1 is 1.72 bits per heavy atom. The zero-order chi connectivity index (χ0) is 13.0. The topological polar surface area (TPSA) is 65.5 Å². The molecule has 18 heavy (non-hydrogen) atoms. The van der Waals surface area contributed by atoms with E-state index in [1.807, 2.05) is 13.1 Å². The van der Waals surface area contributed by atoms with Gasteiger partial charge in [-0.15, -0.1) is 11.3 Å². The molecule has 2 N–H and O–H groups in total. The van der Waals surface area contributed by atoms with Crippen LogP contribution in [0.1, 0.15) is 22.7 Å². The number of aryl methyl sites for hydroxylation is 1. The number of hydrogen-bond donors (Lipinski definition) is 2. The molecule has 1 aromatic rings. The molecule has 100 valence electrons. The number of thiazole rings is 1. The minimum atomic E-state index is -0.0546.